The van der Waals surface area contributed by atoms with Gasteiger partial charge in [-0.25, -0.2) is 0 Å². The van der Waals surface area contributed by atoms with Crippen molar-refractivity contribution in [3.05, 3.63) is 28.8 Å². The predicted octanol–water partition coefficient (Wildman–Crippen LogP) is 3.84. The Hall–Kier alpha value is -1.80. The van der Waals surface area contributed by atoms with Crippen LogP contribution in [0.2, 0.25) is 0 Å². The number of carbonyl (C=O) groups is 1. The van der Waals surface area contributed by atoms with Crippen molar-refractivity contribution in [2.45, 2.75) is 25.7 Å². The van der Waals surface area contributed by atoms with Crippen molar-refractivity contribution < 1.29 is 14.3 Å². The van der Waals surface area contributed by atoms with Crippen LogP contribution >= 0.6 is 23.1 Å². The highest BCUT2D eigenvalue weighted by atomic mass is 32.2. The third kappa shape index (κ3) is 4.24. The van der Waals surface area contributed by atoms with Gasteiger partial charge in [-0.1, -0.05) is 31.3 Å². The topological polar surface area (TPSA) is 73.3 Å². The van der Waals surface area contributed by atoms with Gasteiger partial charge >= 0.3 is 0 Å². The smallest absolute Gasteiger partial charge is 0.265 e. The quantitative estimate of drug-likeness (QED) is 0.749. The number of amides is 1. The van der Waals surface area contributed by atoms with Gasteiger partial charge in [-0.2, -0.15) is 11.8 Å². The van der Waals surface area contributed by atoms with Crippen molar-refractivity contribution >= 4 is 34.1 Å². The molecule has 25 heavy (non-hydrogen) atoms. The Morgan fingerprint density at radius 1 is 1.28 bits per heavy atom. The van der Waals surface area contributed by atoms with E-state index in [1.54, 1.807) is 30.0 Å². The maximum Gasteiger partial charge on any atom is 0.265 e. The third-order valence-corrected chi connectivity index (χ3v) is 6.13. The van der Waals surface area contributed by atoms with E-state index >= 15 is 0 Å². The highest BCUT2D eigenvalue weighted by Crippen LogP contribution is 2.35. The largest absolute Gasteiger partial charge is 0.496 e. The van der Waals surface area contributed by atoms with E-state index in [9.17, 15) is 4.79 Å². The number of hydrogen-bond donors (Lipinski definition) is 1. The summed E-state index contributed by atoms with van der Waals surface area (Å²) in [7, 11) is 3.04. The number of anilines is 1. The molecule has 1 unspecified atom stereocenters. The first kappa shape index (κ1) is 19.5. The Labute approximate surface area is 156 Å². The standard InChI is InChI=1S/C17H23N3O3S2/c1-6-17(2,10-24-5)15-19-20-16(25-15)18-14(21)13-11(22-3)8-7-9-12(13)23-4/h7-9H,6,10H2,1-5H3,(H,18,20,21). The van der Waals surface area contributed by atoms with Gasteiger partial charge in [0.15, 0.2) is 0 Å². The summed E-state index contributed by atoms with van der Waals surface area (Å²) < 4.78 is 10.6. The summed E-state index contributed by atoms with van der Waals surface area (Å²) in [4.78, 5) is 12.7. The van der Waals surface area contributed by atoms with Gasteiger partial charge in [-0.15, -0.1) is 10.2 Å². The number of aromatic nitrogens is 2. The van der Waals surface area contributed by atoms with Gasteiger partial charge in [-0.05, 0) is 24.8 Å². The minimum atomic E-state index is -0.333. The summed E-state index contributed by atoms with van der Waals surface area (Å²) in [6.07, 6.45) is 3.03. The first-order valence-corrected chi connectivity index (χ1v) is 10.0. The molecule has 1 amide bonds. The molecule has 6 nitrogen and oxygen atoms in total. The predicted molar refractivity (Wildman–Crippen MR) is 103 cm³/mol. The second kappa shape index (κ2) is 8.53. The molecule has 0 aliphatic carbocycles. The lowest BCUT2D eigenvalue weighted by molar-refractivity contribution is 0.102. The van der Waals surface area contributed by atoms with Crippen LogP contribution in [-0.2, 0) is 5.41 Å². The molecular formula is C17H23N3O3S2. The van der Waals surface area contributed by atoms with Gasteiger partial charge in [0.25, 0.3) is 5.91 Å². The Bertz CT molecular complexity index is 713. The average Bonchev–Trinajstić information content (AvgIpc) is 3.10. The first-order valence-electron chi connectivity index (χ1n) is 7.84. The normalized spacial score (nSPS) is 13.2. The summed E-state index contributed by atoms with van der Waals surface area (Å²) in [5, 5.41) is 12.6. The van der Waals surface area contributed by atoms with Gasteiger partial charge < -0.3 is 9.47 Å². The van der Waals surface area contributed by atoms with Crippen LogP contribution in [0.15, 0.2) is 18.2 Å². The van der Waals surface area contributed by atoms with Crippen molar-refractivity contribution in [1.29, 1.82) is 0 Å². The molecule has 1 aromatic heterocycles. The number of carbonyl (C=O) groups excluding carboxylic acids is 1. The van der Waals surface area contributed by atoms with Gasteiger partial charge in [0.1, 0.15) is 22.1 Å². The van der Waals surface area contributed by atoms with E-state index in [4.69, 9.17) is 9.47 Å². The molecule has 8 heteroatoms. The van der Waals surface area contributed by atoms with Crippen LogP contribution in [0.3, 0.4) is 0 Å². The summed E-state index contributed by atoms with van der Waals surface area (Å²) in [5.41, 5.74) is 0.286. The Kier molecular flexibility index (Phi) is 6.66. The molecule has 0 radical (unpaired) electrons. The number of rotatable bonds is 8. The molecule has 0 bridgehead atoms. The Morgan fingerprint density at radius 2 is 1.92 bits per heavy atom. The van der Waals surface area contributed by atoms with Crippen molar-refractivity contribution in [3.63, 3.8) is 0 Å². The van der Waals surface area contributed by atoms with E-state index in [0.29, 0.717) is 22.2 Å². The average molecular weight is 382 g/mol. The van der Waals surface area contributed by atoms with Crippen molar-refractivity contribution in [2.75, 3.05) is 31.5 Å². The number of thioether (sulfide) groups is 1. The summed E-state index contributed by atoms with van der Waals surface area (Å²) in [5.74, 6) is 1.51. The van der Waals surface area contributed by atoms with E-state index in [1.807, 2.05) is 0 Å². The van der Waals surface area contributed by atoms with Crippen molar-refractivity contribution in [3.8, 4) is 11.5 Å². The van der Waals surface area contributed by atoms with Crippen LogP contribution in [0.4, 0.5) is 5.13 Å². The Balaban J connectivity index is 2.26. The number of hydrogen-bond acceptors (Lipinski definition) is 7. The summed E-state index contributed by atoms with van der Waals surface area (Å²) in [6, 6.07) is 5.21. The number of nitrogens with one attached hydrogen (secondary N) is 1. The molecule has 2 aromatic rings. The molecule has 0 saturated heterocycles. The third-order valence-electron chi connectivity index (χ3n) is 4.06. The van der Waals surface area contributed by atoms with Gasteiger partial charge in [-0.3, -0.25) is 10.1 Å². The lowest BCUT2D eigenvalue weighted by atomic mass is 9.91. The maximum atomic E-state index is 12.7. The van der Waals surface area contributed by atoms with Crippen LogP contribution in [0, 0.1) is 0 Å². The van der Waals surface area contributed by atoms with Crippen LogP contribution in [-0.4, -0.2) is 42.3 Å². The highest BCUT2D eigenvalue weighted by molar-refractivity contribution is 7.98. The molecule has 0 spiro atoms. The van der Waals surface area contributed by atoms with Crippen LogP contribution in [0.5, 0.6) is 11.5 Å². The highest BCUT2D eigenvalue weighted by Gasteiger charge is 2.29. The molecule has 1 N–H and O–H groups in total. The SMILES string of the molecule is CCC(C)(CSC)c1nnc(NC(=O)c2c(OC)cccc2OC)s1. The van der Waals surface area contributed by atoms with Crippen molar-refractivity contribution in [1.82, 2.24) is 10.2 Å². The number of methoxy groups -OCH3 is 2. The fraction of sp³-hybridized carbons (Fsp3) is 0.471. The zero-order chi connectivity index (χ0) is 18.4. The zero-order valence-corrected chi connectivity index (χ0v) is 16.7. The minimum absolute atomic E-state index is 0.0534. The first-order chi connectivity index (χ1) is 12.0. The van der Waals surface area contributed by atoms with Crippen molar-refractivity contribution in [2.24, 2.45) is 0 Å². The molecule has 0 aliphatic rings. The fourth-order valence-electron chi connectivity index (χ4n) is 2.39. The van der Waals surface area contributed by atoms with Gasteiger partial charge in [0, 0.05) is 11.2 Å². The van der Waals surface area contributed by atoms with Gasteiger partial charge in [0.2, 0.25) is 5.13 Å². The van der Waals surface area contributed by atoms with E-state index in [2.05, 4.69) is 35.6 Å². The van der Waals surface area contributed by atoms with Crippen LogP contribution in [0.1, 0.15) is 35.6 Å². The second-order valence-electron chi connectivity index (χ2n) is 5.75. The molecule has 136 valence electrons. The molecular weight excluding hydrogens is 358 g/mol. The molecule has 0 aliphatic heterocycles. The number of benzene rings is 1. The molecule has 0 fully saturated rings. The molecule has 2 rings (SSSR count). The maximum absolute atomic E-state index is 12.7. The molecule has 1 heterocycles. The van der Waals surface area contributed by atoms with E-state index in [-0.39, 0.29) is 11.3 Å². The summed E-state index contributed by atoms with van der Waals surface area (Å²) in [6.45, 7) is 4.30. The van der Waals surface area contributed by atoms with Gasteiger partial charge in [0.05, 0.1) is 14.2 Å². The van der Waals surface area contributed by atoms with E-state index in [1.165, 1.54) is 25.6 Å². The fourth-order valence-corrected chi connectivity index (χ4v) is 4.41. The minimum Gasteiger partial charge on any atom is -0.496 e. The molecule has 0 saturated carbocycles. The van der Waals surface area contributed by atoms with Crippen LogP contribution in [0.25, 0.3) is 0 Å². The Morgan fingerprint density at radius 3 is 2.44 bits per heavy atom. The molecule has 1 aromatic carbocycles. The number of ether oxygens (including phenoxy) is 2. The second-order valence-corrected chi connectivity index (χ2v) is 7.59. The zero-order valence-electron chi connectivity index (χ0n) is 15.1. The monoisotopic (exact) mass is 381 g/mol. The lowest BCUT2D eigenvalue weighted by Crippen LogP contribution is -2.23. The molecule has 1 atom stereocenters. The lowest BCUT2D eigenvalue weighted by Gasteiger charge is -2.23. The van der Waals surface area contributed by atoms with Crippen LogP contribution < -0.4 is 14.8 Å². The van der Waals surface area contributed by atoms with E-state index < -0.39 is 0 Å². The summed E-state index contributed by atoms with van der Waals surface area (Å²) >= 11 is 3.18. The van der Waals surface area contributed by atoms with E-state index in [0.717, 1.165) is 17.2 Å². The number of nitrogens with zero attached hydrogens (tertiary/aromatic N) is 2.